The first kappa shape index (κ1) is 13.0. The maximum Gasteiger partial charge on any atom is 0.419 e. The molecule has 1 nitrogen and oxygen atoms in total. The first-order valence-corrected chi connectivity index (χ1v) is 4.86. The summed E-state index contributed by atoms with van der Waals surface area (Å²) in [5.74, 6) is -1.39. The van der Waals surface area contributed by atoms with Crippen LogP contribution in [0.2, 0.25) is 0 Å². The van der Waals surface area contributed by atoms with Gasteiger partial charge in [0.2, 0.25) is 0 Å². The third kappa shape index (κ3) is 2.52. The van der Waals surface area contributed by atoms with Crippen LogP contribution in [0.5, 0.6) is 0 Å². The third-order valence-electron chi connectivity index (χ3n) is 2.41. The molecule has 1 unspecified atom stereocenters. The molecule has 0 aromatic heterocycles. The fourth-order valence-corrected chi connectivity index (χ4v) is 1.39. The molecule has 90 valence electrons. The summed E-state index contributed by atoms with van der Waals surface area (Å²) in [5, 5.41) is 0. The molecule has 0 saturated carbocycles. The van der Waals surface area contributed by atoms with Gasteiger partial charge in [0.1, 0.15) is 5.82 Å². The highest BCUT2D eigenvalue weighted by Crippen LogP contribution is 2.34. The maximum atomic E-state index is 13.6. The Morgan fingerprint density at radius 1 is 1.19 bits per heavy atom. The zero-order chi connectivity index (χ0) is 12.5. The van der Waals surface area contributed by atoms with Crippen LogP contribution >= 0.6 is 0 Å². The van der Waals surface area contributed by atoms with Crippen molar-refractivity contribution in [1.29, 1.82) is 0 Å². The summed E-state index contributed by atoms with van der Waals surface area (Å²) in [5.41, 5.74) is 4.29. The second-order valence-electron chi connectivity index (χ2n) is 3.98. The molecule has 1 aromatic rings. The molecule has 0 aliphatic heterocycles. The number of alkyl halides is 3. The highest BCUT2D eigenvalue weighted by molar-refractivity contribution is 5.30. The van der Waals surface area contributed by atoms with E-state index in [-0.39, 0.29) is 11.5 Å². The Hall–Kier alpha value is -1.10. The highest BCUT2D eigenvalue weighted by Gasteiger charge is 2.35. The fraction of sp³-hybridized carbons (Fsp3) is 0.455. The lowest BCUT2D eigenvalue weighted by molar-refractivity contribution is -0.140. The molecule has 0 saturated heterocycles. The fourth-order valence-electron chi connectivity index (χ4n) is 1.39. The van der Waals surface area contributed by atoms with Crippen LogP contribution in [-0.2, 0) is 6.18 Å². The standard InChI is InChI=1S/C11H13F4N/c1-6(2)10(16)7-4-3-5-8(9(7)12)11(13,14)15/h3-6,10H,16H2,1-2H3. The first-order chi connectivity index (χ1) is 7.25. The average molecular weight is 235 g/mol. The Balaban J connectivity index is 3.24. The molecule has 0 fully saturated rings. The van der Waals surface area contributed by atoms with Crippen molar-refractivity contribution >= 4 is 0 Å². The largest absolute Gasteiger partial charge is 0.419 e. The molecule has 1 aromatic carbocycles. The molecule has 2 N–H and O–H groups in total. The molecule has 0 heterocycles. The van der Waals surface area contributed by atoms with Gasteiger partial charge in [0, 0.05) is 11.6 Å². The number of halogens is 4. The zero-order valence-corrected chi connectivity index (χ0v) is 8.98. The summed E-state index contributed by atoms with van der Waals surface area (Å²) in [6, 6.07) is 2.44. The average Bonchev–Trinajstić information content (AvgIpc) is 2.15. The van der Waals surface area contributed by atoms with Crippen LogP contribution in [0.15, 0.2) is 18.2 Å². The van der Waals surface area contributed by atoms with E-state index in [2.05, 4.69) is 0 Å². The van der Waals surface area contributed by atoms with Crippen molar-refractivity contribution in [3.05, 3.63) is 35.1 Å². The summed E-state index contributed by atoms with van der Waals surface area (Å²) < 4.78 is 50.8. The number of nitrogens with two attached hydrogens (primary N) is 1. The molecule has 0 spiro atoms. The van der Waals surface area contributed by atoms with E-state index in [9.17, 15) is 17.6 Å². The van der Waals surface area contributed by atoms with E-state index < -0.39 is 23.6 Å². The van der Waals surface area contributed by atoms with Crippen molar-refractivity contribution in [3.8, 4) is 0 Å². The minimum atomic E-state index is -4.68. The van der Waals surface area contributed by atoms with Crippen molar-refractivity contribution in [2.75, 3.05) is 0 Å². The summed E-state index contributed by atoms with van der Waals surface area (Å²) >= 11 is 0. The van der Waals surface area contributed by atoms with Crippen molar-refractivity contribution in [2.24, 2.45) is 11.7 Å². The smallest absolute Gasteiger partial charge is 0.324 e. The Labute approximate surface area is 91.3 Å². The van der Waals surface area contributed by atoms with Gasteiger partial charge in [-0.05, 0) is 12.0 Å². The van der Waals surface area contributed by atoms with E-state index in [1.54, 1.807) is 13.8 Å². The van der Waals surface area contributed by atoms with Crippen molar-refractivity contribution in [3.63, 3.8) is 0 Å². The van der Waals surface area contributed by atoms with E-state index in [1.807, 2.05) is 0 Å². The van der Waals surface area contributed by atoms with Gasteiger partial charge in [0.05, 0.1) is 5.56 Å². The Bertz CT molecular complexity index is 371. The molecular formula is C11H13F4N. The number of rotatable bonds is 2. The van der Waals surface area contributed by atoms with E-state index >= 15 is 0 Å². The van der Waals surface area contributed by atoms with Crippen LogP contribution in [0.4, 0.5) is 17.6 Å². The molecule has 0 bridgehead atoms. The normalized spacial score (nSPS) is 14.2. The second kappa shape index (κ2) is 4.41. The lowest BCUT2D eigenvalue weighted by Crippen LogP contribution is -2.20. The zero-order valence-electron chi connectivity index (χ0n) is 8.98. The molecule has 0 amide bonds. The van der Waals surface area contributed by atoms with Gasteiger partial charge in [-0.2, -0.15) is 13.2 Å². The summed E-state index contributed by atoms with van der Waals surface area (Å²) in [4.78, 5) is 0. The Morgan fingerprint density at radius 2 is 1.75 bits per heavy atom. The molecule has 0 radical (unpaired) electrons. The van der Waals surface area contributed by atoms with Gasteiger partial charge in [-0.1, -0.05) is 26.0 Å². The van der Waals surface area contributed by atoms with Crippen molar-refractivity contribution in [1.82, 2.24) is 0 Å². The van der Waals surface area contributed by atoms with Gasteiger partial charge in [-0.25, -0.2) is 4.39 Å². The summed E-state index contributed by atoms with van der Waals surface area (Å²) in [6.45, 7) is 3.45. The van der Waals surface area contributed by atoms with Gasteiger partial charge in [0.15, 0.2) is 0 Å². The quantitative estimate of drug-likeness (QED) is 0.780. The summed E-state index contributed by atoms with van der Waals surface area (Å²) in [7, 11) is 0. The van der Waals surface area contributed by atoms with E-state index in [1.165, 1.54) is 12.1 Å². The molecule has 1 atom stereocenters. The van der Waals surface area contributed by atoms with Gasteiger partial charge in [-0.15, -0.1) is 0 Å². The van der Waals surface area contributed by atoms with E-state index in [0.717, 1.165) is 0 Å². The third-order valence-corrected chi connectivity index (χ3v) is 2.41. The minimum absolute atomic E-state index is 0.0928. The maximum absolute atomic E-state index is 13.6. The highest BCUT2D eigenvalue weighted by atomic mass is 19.4. The van der Waals surface area contributed by atoms with Crippen LogP contribution in [0.3, 0.4) is 0 Å². The van der Waals surface area contributed by atoms with Crippen LogP contribution in [0, 0.1) is 11.7 Å². The number of benzene rings is 1. The monoisotopic (exact) mass is 235 g/mol. The topological polar surface area (TPSA) is 26.0 Å². The van der Waals surface area contributed by atoms with Crippen LogP contribution in [-0.4, -0.2) is 0 Å². The molecule has 5 heteroatoms. The van der Waals surface area contributed by atoms with E-state index in [0.29, 0.717) is 6.07 Å². The van der Waals surface area contributed by atoms with Crippen molar-refractivity contribution in [2.45, 2.75) is 26.1 Å². The first-order valence-electron chi connectivity index (χ1n) is 4.86. The van der Waals surface area contributed by atoms with Gasteiger partial charge in [-0.3, -0.25) is 0 Å². The Kier molecular flexibility index (Phi) is 3.57. The molecule has 0 aliphatic rings. The number of hydrogen-bond donors (Lipinski definition) is 1. The number of hydrogen-bond acceptors (Lipinski definition) is 1. The van der Waals surface area contributed by atoms with Crippen LogP contribution in [0.1, 0.15) is 31.0 Å². The van der Waals surface area contributed by atoms with E-state index in [4.69, 9.17) is 5.73 Å². The van der Waals surface area contributed by atoms with Crippen LogP contribution < -0.4 is 5.73 Å². The van der Waals surface area contributed by atoms with Crippen molar-refractivity contribution < 1.29 is 17.6 Å². The Morgan fingerprint density at radius 3 is 2.19 bits per heavy atom. The SMILES string of the molecule is CC(C)C(N)c1cccc(C(F)(F)F)c1F. The van der Waals surface area contributed by atoms with Gasteiger partial charge >= 0.3 is 6.18 Å². The molecule has 1 rings (SSSR count). The lowest BCUT2D eigenvalue weighted by Gasteiger charge is -2.18. The van der Waals surface area contributed by atoms with Crippen LogP contribution in [0.25, 0.3) is 0 Å². The molecule has 16 heavy (non-hydrogen) atoms. The minimum Gasteiger partial charge on any atom is -0.324 e. The summed E-state index contributed by atoms with van der Waals surface area (Å²) in [6.07, 6.45) is -4.68. The van der Waals surface area contributed by atoms with Gasteiger partial charge < -0.3 is 5.73 Å². The predicted molar refractivity (Wildman–Crippen MR) is 53.2 cm³/mol. The predicted octanol–water partition coefficient (Wildman–Crippen LogP) is 3.50. The lowest BCUT2D eigenvalue weighted by atomic mass is 9.95. The molecular weight excluding hydrogens is 222 g/mol. The van der Waals surface area contributed by atoms with Gasteiger partial charge in [0.25, 0.3) is 0 Å². The second-order valence-corrected chi connectivity index (χ2v) is 3.98. The molecule has 0 aliphatic carbocycles.